The molecular formula is C13H15N5O4. The van der Waals surface area contributed by atoms with E-state index in [1.54, 1.807) is 20.8 Å². The summed E-state index contributed by atoms with van der Waals surface area (Å²) >= 11 is 0. The van der Waals surface area contributed by atoms with E-state index in [0.717, 1.165) is 0 Å². The van der Waals surface area contributed by atoms with E-state index in [0.29, 0.717) is 5.69 Å². The maximum Gasteiger partial charge on any atom is 0.412 e. The second-order valence-corrected chi connectivity index (χ2v) is 5.42. The van der Waals surface area contributed by atoms with E-state index in [9.17, 15) is 14.7 Å². The molecule has 0 aliphatic rings. The summed E-state index contributed by atoms with van der Waals surface area (Å²) in [6.45, 7) is 5.20. The number of nitrogens with one attached hydrogen (secondary N) is 1. The molecule has 1 aromatic heterocycles. The number of carbonyl (C=O) groups is 2. The van der Waals surface area contributed by atoms with Gasteiger partial charge in [-0.1, -0.05) is 0 Å². The van der Waals surface area contributed by atoms with Crippen LogP contribution in [0.25, 0.3) is 5.69 Å². The minimum Gasteiger partial charge on any atom is -0.478 e. The maximum atomic E-state index is 11.7. The fraction of sp³-hybridized carbons (Fsp3) is 0.308. The Morgan fingerprint density at radius 2 is 2.05 bits per heavy atom. The van der Waals surface area contributed by atoms with Crippen LogP contribution in [0.4, 0.5) is 10.5 Å². The Morgan fingerprint density at radius 1 is 1.32 bits per heavy atom. The van der Waals surface area contributed by atoms with Crippen LogP contribution >= 0.6 is 0 Å². The first-order valence-electron chi connectivity index (χ1n) is 6.37. The highest BCUT2D eigenvalue weighted by Crippen LogP contribution is 2.20. The molecule has 22 heavy (non-hydrogen) atoms. The molecule has 0 fully saturated rings. The number of carbonyl (C=O) groups excluding carboxylic acids is 1. The van der Waals surface area contributed by atoms with Crippen LogP contribution in [-0.4, -0.2) is 43.0 Å². The SMILES string of the molecule is CC(C)(C)OC(=O)Nc1ccc(-n2cnnn2)c(C(=O)O)c1. The summed E-state index contributed by atoms with van der Waals surface area (Å²) in [7, 11) is 0. The van der Waals surface area contributed by atoms with Gasteiger partial charge in [-0.25, -0.2) is 9.59 Å². The highest BCUT2D eigenvalue weighted by Gasteiger charge is 2.18. The standard InChI is InChI=1S/C13H15N5O4/c1-13(2,3)22-12(21)15-8-4-5-10(9(6-8)11(19)20)18-7-14-16-17-18/h4-7H,1-3H3,(H,15,21)(H,19,20). The van der Waals surface area contributed by atoms with Gasteiger partial charge in [-0.05, 0) is 49.4 Å². The third-order valence-corrected chi connectivity index (χ3v) is 2.47. The van der Waals surface area contributed by atoms with E-state index < -0.39 is 17.7 Å². The Labute approximate surface area is 125 Å². The molecule has 1 aromatic carbocycles. The van der Waals surface area contributed by atoms with Gasteiger partial charge in [0.25, 0.3) is 0 Å². The van der Waals surface area contributed by atoms with Crippen molar-refractivity contribution in [3.05, 3.63) is 30.1 Å². The molecule has 0 saturated heterocycles. The zero-order chi connectivity index (χ0) is 16.3. The third kappa shape index (κ3) is 3.78. The Balaban J connectivity index is 2.27. The monoisotopic (exact) mass is 305 g/mol. The Bertz CT molecular complexity index is 691. The number of aromatic carboxylic acids is 1. The summed E-state index contributed by atoms with van der Waals surface area (Å²) in [6, 6.07) is 4.34. The van der Waals surface area contributed by atoms with Crippen molar-refractivity contribution in [2.45, 2.75) is 26.4 Å². The van der Waals surface area contributed by atoms with Crippen molar-refractivity contribution in [2.75, 3.05) is 5.32 Å². The van der Waals surface area contributed by atoms with E-state index >= 15 is 0 Å². The van der Waals surface area contributed by atoms with Gasteiger partial charge in [-0.2, -0.15) is 4.68 Å². The summed E-state index contributed by atoms with van der Waals surface area (Å²) in [5.41, 5.74) is -0.122. The highest BCUT2D eigenvalue weighted by atomic mass is 16.6. The maximum absolute atomic E-state index is 11.7. The molecule has 0 saturated carbocycles. The van der Waals surface area contributed by atoms with Gasteiger partial charge in [0.1, 0.15) is 11.9 Å². The second kappa shape index (κ2) is 5.80. The van der Waals surface area contributed by atoms with Crippen molar-refractivity contribution >= 4 is 17.7 Å². The van der Waals surface area contributed by atoms with Crippen molar-refractivity contribution in [1.29, 1.82) is 0 Å². The van der Waals surface area contributed by atoms with Crippen LogP contribution in [0.3, 0.4) is 0 Å². The molecule has 0 aliphatic carbocycles. The first-order chi connectivity index (χ1) is 10.3. The van der Waals surface area contributed by atoms with Crippen LogP contribution in [0.15, 0.2) is 24.5 Å². The number of aromatic nitrogens is 4. The smallest absolute Gasteiger partial charge is 0.412 e. The summed E-state index contributed by atoms with van der Waals surface area (Å²) in [5.74, 6) is -1.17. The van der Waals surface area contributed by atoms with Gasteiger partial charge < -0.3 is 9.84 Å². The lowest BCUT2D eigenvalue weighted by molar-refractivity contribution is 0.0632. The molecule has 116 valence electrons. The van der Waals surface area contributed by atoms with Crippen LogP contribution in [0.1, 0.15) is 31.1 Å². The Kier molecular flexibility index (Phi) is 4.06. The van der Waals surface area contributed by atoms with Crippen molar-refractivity contribution in [3.8, 4) is 5.69 Å². The van der Waals surface area contributed by atoms with E-state index in [-0.39, 0.29) is 11.3 Å². The summed E-state index contributed by atoms with van der Waals surface area (Å²) in [5, 5.41) is 22.3. The van der Waals surface area contributed by atoms with Gasteiger partial charge in [-0.3, -0.25) is 5.32 Å². The molecule has 1 heterocycles. The number of amides is 1. The average Bonchev–Trinajstić information content (AvgIpc) is 2.89. The number of nitrogens with zero attached hydrogens (tertiary/aromatic N) is 4. The van der Waals surface area contributed by atoms with Crippen molar-refractivity contribution in [3.63, 3.8) is 0 Å². The van der Waals surface area contributed by atoms with E-state index in [2.05, 4.69) is 20.8 Å². The zero-order valence-electron chi connectivity index (χ0n) is 12.3. The molecule has 0 aliphatic heterocycles. The average molecular weight is 305 g/mol. The fourth-order valence-electron chi connectivity index (χ4n) is 1.68. The predicted molar refractivity (Wildman–Crippen MR) is 76.0 cm³/mol. The van der Waals surface area contributed by atoms with Gasteiger partial charge in [-0.15, -0.1) is 5.10 Å². The molecule has 0 unspecified atom stereocenters. The van der Waals surface area contributed by atoms with Gasteiger partial charge in [0, 0.05) is 5.69 Å². The van der Waals surface area contributed by atoms with Gasteiger partial charge in [0.05, 0.1) is 11.3 Å². The topological polar surface area (TPSA) is 119 Å². The number of hydrogen-bond acceptors (Lipinski definition) is 6. The van der Waals surface area contributed by atoms with Gasteiger partial charge in [0.2, 0.25) is 0 Å². The first-order valence-corrected chi connectivity index (χ1v) is 6.37. The number of tetrazole rings is 1. The second-order valence-electron chi connectivity index (χ2n) is 5.42. The molecule has 0 radical (unpaired) electrons. The summed E-state index contributed by atoms with van der Waals surface area (Å²) in [4.78, 5) is 23.1. The minimum atomic E-state index is -1.17. The Morgan fingerprint density at radius 3 is 2.59 bits per heavy atom. The van der Waals surface area contributed by atoms with Gasteiger partial charge >= 0.3 is 12.1 Å². The summed E-state index contributed by atoms with van der Waals surface area (Å²) < 4.78 is 6.33. The molecule has 0 atom stereocenters. The number of carboxylic acid groups (broad SMARTS) is 1. The van der Waals surface area contributed by atoms with E-state index in [4.69, 9.17) is 4.74 Å². The molecule has 2 rings (SSSR count). The predicted octanol–water partition coefficient (Wildman–Crippen LogP) is 1.71. The lowest BCUT2D eigenvalue weighted by Crippen LogP contribution is -2.27. The molecule has 0 bridgehead atoms. The minimum absolute atomic E-state index is 0.0548. The number of carboxylic acids is 1. The van der Waals surface area contributed by atoms with Crippen molar-refractivity contribution in [1.82, 2.24) is 20.2 Å². The first kappa shape index (κ1) is 15.4. The van der Waals surface area contributed by atoms with Crippen LogP contribution in [0, 0.1) is 0 Å². The fourth-order valence-corrected chi connectivity index (χ4v) is 1.68. The van der Waals surface area contributed by atoms with Crippen LogP contribution < -0.4 is 5.32 Å². The number of hydrogen-bond donors (Lipinski definition) is 2. The third-order valence-electron chi connectivity index (χ3n) is 2.47. The molecule has 1 amide bonds. The highest BCUT2D eigenvalue weighted by molar-refractivity contribution is 5.95. The lowest BCUT2D eigenvalue weighted by Gasteiger charge is -2.19. The number of benzene rings is 1. The Hall–Kier alpha value is -2.97. The summed E-state index contributed by atoms with van der Waals surface area (Å²) in [6.07, 6.45) is 0.613. The molecule has 0 spiro atoms. The number of ether oxygens (including phenoxy) is 1. The molecule has 9 nitrogen and oxygen atoms in total. The van der Waals surface area contributed by atoms with E-state index in [1.165, 1.54) is 29.2 Å². The molecule has 9 heteroatoms. The quantitative estimate of drug-likeness (QED) is 0.885. The number of rotatable bonds is 3. The lowest BCUT2D eigenvalue weighted by atomic mass is 10.1. The number of anilines is 1. The molecule has 2 N–H and O–H groups in total. The van der Waals surface area contributed by atoms with Crippen molar-refractivity contribution in [2.24, 2.45) is 0 Å². The normalized spacial score (nSPS) is 11.0. The van der Waals surface area contributed by atoms with E-state index in [1.807, 2.05) is 0 Å². The largest absolute Gasteiger partial charge is 0.478 e. The van der Waals surface area contributed by atoms with Crippen molar-refractivity contribution < 1.29 is 19.4 Å². The molecular weight excluding hydrogens is 290 g/mol. The zero-order valence-corrected chi connectivity index (χ0v) is 12.3. The molecule has 2 aromatic rings. The van der Waals surface area contributed by atoms with Crippen LogP contribution in [-0.2, 0) is 4.74 Å². The van der Waals surface area contributed by atoms with Gasteiger partial charge in [0.15, 0.2) is 0 Å². The van der Waals surface area contributed by atoms with Crippen LogP contribution in [0.2, 0.25) is 0 Å². The van der Waals surface area contributed by atoms with Crippen LogP contribution in [0.5, 0.6) is 0 Å².